The number of carbonyl (C=O) groups excluding carboxylic acids is 2. The van der Waals surface area contributed by atoms with Crippen LogP contribution in [0.4, 0.5) is 21.9 Å². The first kappa shape index (κ1) is 25.3. The highest BCUT2D eigenvalue weighted by atomic mass is 79.9. The number of nitrogens with one attached hydrogen (secondary N) is 2. The molecule has 2 amide bonds. The fourth-order valence-electron chi connectivity index (χ4n) is 3.07. The van der Waals surface area contributed by atoms with Gasteiger partial charge in [0.05, 0.1) is 15.8 Å². The molecule has 3 aromatic carbocycles. The third kappa shape index (κ3) is 7.10. The van der Waals surface area contributed by atoms with E-state index in [9.17, 15) is 14.7 Å². The second-order valence-electron chi connectivity index (χ2n) is 7.42. The van der Waals surface area contributed by atoms with Crippen molar-refractivity contribution in [1.29, 1.82) is 0 Å². The summed E-state index contributed by atoms with van der Waals surface area (Å²) in [4.78, 5) is 24.9. The Hall–Kier alpha value is -3.30. The summed E-state index contributed by atoms with van der Waals surface area (Å²) in [5.41, 5.74) is 8.80. The molecule has 0 aliphatic rings. The largest absolute Gasteiger partial charge is 0.506 e. The molecule has 1 atom stereocenters. The number of phenols is 1. The van der Waals surface area contributed by atoms with E-state index < -0.39 is 12.2 Å². The van der Waals surface area contributed by atoms with Gasteiger partial charge < -0.3 is 20.9 Å². The van der Waals surface area contributed by atoms with Gasteiger partial charge in [0.25, 0.3) is 0 Å². The molecule has 3 aromatic rings. The van der Waals surface area contributed by atoms with E-state index in [-0.39, 0.29) is 18.1 Å². The lowest BCUT2D eigenvalue weighted by Gasteiger charge is -2.19. The van der Waals surface area contributed by atoms with Gasteiger partial charge in [0.2, 0.25) is 5.91 Å². The molecule has 0 aliphatic carbocycles. The summed E-state index contributed by atoms with van der Waals surface area (Å²) in [5, 5.41) is 15.9. The third-order valence-electron chi connectivity index (χ3n) is 4.79. The van der Waals surface area contributed by atoms with Crippen LogP contribution in [0.15, 0.2) is 81.8 Å². The van der Waals surface area contributed by atoms with Gasteiger partial charge >= 0.3 is 6.09 Å². The van der Waals surface area contributed by atoms with Gasteiger partial charge in [-0.05, 0) is 65.3 Å². The first-order valence-electron chi connectivity index (χ1n) is 10.3. The fourth-order valence-corrected chi connectivity index (χ4v) is 4.33. The first-order chi connectivity index (χ1) is 16.2. The smallest absolute Gasteiger partial charge is 0.412 e. The lowest BCUT2D eigenvalue weighted by atomic mass is 10.0. The lowest BCUT2D eigenvalue weighted by molar-refractivity contribution is -0.111. The second kappa shape index (κ2) is 11.7. The molecule has 3 rings (SSSR count). The van der Waals surface area contributed by atoms with Crippen molar-refractivity contribution < 1.29 is 19.4 Å². The van der Waals surface area contributed by atoms with Crippen LogP contribution in [-0.2, 0) is 9.53 Å². The molecule has 0 saturated carbocycles. The minimum Gasteiger partial charge on any atom is -0.506 e. The van der Waals surface area contributed by atoms with Crippen LogP contribution in [0, 0.1) is 6.92 Å². The van der Waals surface area contributed by atoms with E-state index in [0.717, 1.165) is 5.56 Å². The summed E-state index contributed by atoms with van der Waals surface area (Å²) in [7, 11) is 0. The van der Waals surface area contributed by atoms with Gasteiger partial charge in [-0.3, -0.25) is 10.1 Å². The van der Waals surface area contributed by atoms with E-state index in [1.807, 2.05) is 19.1 Å². The Morgan fingerprint density at radius 1 is 1.09 bits per heavy atom. The number of ether oxygens (including phenoxy) is 1. The highest BCUT2D eigenvalue weighted by molar-refractivity contribution is 9.11. The molecule has 0 heterocycles. The summed E-state index contributed by atoms with van der Waals surface area (Å²) < 4.78 is 6.74. The van der Waals surface area contributed by atoms with Crippen molar-refractivity contribution in [2.45, 2.75) is 19.4 Å². The number of para-hydroxylation sites is 2. The number of aromatic hydroxyl groups is 1. The molecule has 0 aliphatic heterocycles. The number of hydrogen-bond donors (Lipinski definition) is 4. The predicted molar refractivity (Wildman–Crippen MR) is 141 cm³/mol. The van der Waals surface area contributed by atoms with Crippen molar-refractivity contribution in [1.82, 2.24) is 0 Å². The van der Waals surface area contributed by atoms with Crippen LogP contribution in [0.2, 0.25) is 0 Å². The minimum absolute atomic E-state index is 0.0637. The Morgan fingerprint density at radius 2 is 1.79 bits per heavy atom. The molecule has 0 aromatic heterocycles. The fraction of sp³-hybridized carbons (Fsp3) is 0.120. The van der Waals surface area contributed by atoms with E-state index in [0.29, 0.717) is 31.6 Å². The molecule has 7 nitrogen and oxygen atoms in total. The molecule has 0 spiro atoms. The third-order valence-corrected chi connectivity index (χ3v) is 5.85. The number of carbonyl (C=O) groups is 2. The van der Waals surface area contributed by atoms with Gasteiger partial charge in [-0.15, -0.1) is 0 Å². The number of amides is 2. The first-order valence-corrected chi connectivity index (χ1v) is 11.9. The van der Waals surface area contributed by atoms with Gasteiger partial charge in [-0.25, -0.2) is 4.79 Å². The maximum absolute atomic E-state index is 12.6. The van der Waals surface area contributed by atoms with Crippen molar-refractivity contribution >= 4 is 60.9 Å². The Morgan fingerprint density at radius 3 is 2.50 bits per heavy atom. The van der Waals surface area contributed by atoms with Gasteiger partial charge in [0.1, 0.15) is 11.9 Å². The number of benzene rings is 3. The van der Waals surface area contributed by atoms with Crippen LogP contribution in [0.25, 0.3) is 0 Å². The molecular weight excluding hydrogens is 566 g/mol. The highest BCUT2D eigenvalue weighted by Crippen LogP contribution is 2.38. The van der Waals surface area contributed by atoms with Crippen LogP contribution in [0.5, 0.6) is 5.75 Å². The van der Waals surface area contributed by atoms with E-state index >= 15 is 0 Å². The van der Waals surface area contributed by atoms with Gasteiger partial charge in [-0.1, -0.05) is 51.8 Å². The van der Waals surface area contributed by atoms with Crippen LogP contribution < -0.4 is 16.4 Å². The molecule has 0 saturated heterocycles. The molecule has 5 N–H and O–H groups in total. The summed E-state index contributed by atoms with van der Waals surface area (Å²) >= 11 is 6.68. The number of nitrogen functional groups attached to an aromatic ring is 1. The number of nitrogens with two attached hydrogens (primary N) is 1. The van der Waals surface area contributed by atoms with Crippen molar-refractivity contribution in [2.24, 2.45) is 0 Å². The summed E-state index contributed by atoms with van der Waals surface area (Å²) in [6.07, 6.45) is 1.46. The number of halogens is 2. The van der Waals surface area contributed by atoms with E-state index in [1.54, 1.807) is 54.6 Å². The van der Waals surface area contributed by atoms with Gasteiger partial charge in [0.15, 0.2) is 0 Å². The number of anilines is 3. The summed E-state index contributed by atoms with van der Waals surface area (Å²) in [5.74, 6) is -0.452. The van der Waals surface area contributed by atoms with Crippen LogP contribution >= 0.6 is 31.9 Å². The van der Waals surface area contributed by atoms with E-state index in [2.05, 4.69) is 42.5 Å². The van der Waals surface area contributed by atoms with Crippen molar-refractivity contribution in [2.75, 3.05) is 16.4 Å². The molecular formula is C25H23Br2N3O4. The summed E-state index contributed by atoms with van der Waals surface area (Å²) in [6, 6.07) is 17.5. The van der Waals surface area contributed by atoms with Crippen molar-refractivity contribution in [3.8, 4) is 5.75 Å². The standard InChI is InChI=1S/C25H23Br2N3O4/c1-15-9-11-17(12-10-15)29-25(33)34-22(18-13-16(26)14-19(27)24(18)32)7-4-8-23(31)30-21-6-3-2-5-20(21)28/h2-6,8-14,22,32H,7,28H2,1H3,(H,29,33)(H,30,31)/b8-4+/t22-/m0/s1. The monoisotopic (exact) mass is 587 g/mol. The topological polar surface area (TPSA) is 114 Å². The zero-order chi connectivity index (χ0) is 24.7. The van der Waals surface area contributed by atoms with Crippen LogP contribution in [0.3, 0.4) is 0 Å². The van der Waals surface area contributed by atoms with Gasteiger partial charge in [0, 0.05) is 22.1 Å². The molecule has 0 bridgehead atoms. The number of hydrogen-bond acceptors (Lipinski definition) is 5. The van der Waals surface area contributed by atoms with Crippen molar-refractivity contribution in [3.63, 3.8) is 0 Å². The maximum Gasteiger partial charge on any atom is 0.412 e. The molecule has 0 unspecified atom stereocenters. The number of rotatable bonds is 7. The SMILES string of the molecule is Cc1ccc(NC(=O)O[C@@H](C/C=C/C(=O)Nc2ccccc2N)c2cc(Br)cc(Br)c2O)cc1. The Kier molecular flexibility index (Phi) is 8.72. The number of aryl methyl sites for hydroxylation is 1. The zero-order valence-electron chi connectivity index (χ0n) is 18.2. The molecule has 9 heteroatoms. The van der Waals surface area contributed by atoms with Crippen molar-refractivity contribution in [3.05, 3.63) is 92.9 Å². The minimum atomic E-state index is -0.870. The summed E-state index contributed by atoms with van der Waals surface area (Å²) in [6.45, 7) is 1.95. The van der Waals surface area contributed by atoms with Crippen LogP contribution in [0.1, 0.15) is 23.7 Å². The normalized spacial score (nSPS) is 11.7. The van der Waals surface area contributed by atoms with E-state index in [1.165, 1.54) is 6.08 Å². The Bertz CT molecular complexity index is 1210. The Balaban J connectivity index is 1.75. The molecule has 176 valence electrons. The average Bonchev–Trinajstić information content (AvgIpc) is 2.78. The number of phenolic OH excluding ortho intramolecular Hbond substituents is 1. The van der Waals surface area contributed by atoms with E-state index in [4.69, 9.17) is 10.5 Å². The molecule has 0 fully saturated rings. The predicted octanol–water partition coefficient (Wildman–Crippen LogP) is 6.68. The second-order valence-corrected chi connectivity index (χ2v) is 9.20. The average molecular weight is 589 g/mol. The van der Waals surface area contributed by atoms with Gasteiger partial charge in [-0.2, -0.15) is 0 Å². The lowest BCUT2D eigenvalue weighted by Crippen LogP contribution is -2.18. The maximum atomic E-state index is 12.6. The quantitative estimate of drug-likeness (QED) is 0.181. The highest BCUT2D eigenvalue weighted by Gasteiger charge is 2.22. The molecule has 34 heavy (non-hydrogen) atoms. The zero-order valence-corrected chi connectivity index (χ0v) is 21.4. The Labute approximate surface area is 214 Å². The van der Waals surface area contributed by atoms with Crippen LogP contribution in [-0.4, -0.2) is 17.1 Å². The molecule has 0 radical (unpaired) electrons.